The minimum absolute atomic E-state index is 0.00903. The Morgan fingerprint density at radius 2 is 1.42 bits per heavy atom. The molecule has 0 aromatic heterocycles. The molecule has 12 N–H and O–H groups in total. The normalized spacial score (nSPS) is 22.0. The summed E-state index contributed by atoms with van der Waals surface area (Å²) in [6, 6.07) is 3.74. The lowest BCUT2D eigenvalue weighted by atomic mass is 10.0. The molecule has 1 heterocycles. The number of guanidine groups is 1. The highest BCUT2D eigenvalue weighted by Crippen LogP contribution is 2.09. The molecular formula is C27H41N9O7. The second-order valence-electron chi connectivity index (χ2n) is 10.1. The van der Waals surface area contributed by atoms with Crippen LogP contribution in [0.15, 0.2) is 30.3 Å². The van der Waals surface area contributed by atoms with Crippen molar-refractivity contribution in [1.82, 2.24) is 31.9 Å². The van der Waals surface area contributed by atoms with Gasteiger partial charge in [-0.2, -0.15) is 0 Å². The maximum atomic E-state index is 13.5. The molecule has 5 amide bonds. The smallest absolute Gasteiger partial charge is 0.305 e. The Bertz CT molecular complexity index is 1150. The molecule has 16 nitrogen and oxygen atoms in total. The van der Waals surface area contributed by atoms with E-state index in [1.807, 2.05) is 0 Å². The van der Waals surface area contributed by atoms with E-state index in [2.05, 4.69) is 31.9 Å². The van der Waals surface area contributed by atoms with E-state index in [0.29, 0.717) is 31.4 Å². The van der Waals surface area contributed by atoms with Crippen molar-refractivity contribution in [3.8, 4) is 0 Å². The van der Waals surface area contributed by atoms with Gasteiger partial charge in [-0.05, 0) is 44.2 Å². The number of unbranched alkanes of at least 4 members (excludes halogenated alkanes) is 1. The van der Waals surface area contributed by atoms with E-state index >= 15 is 0 Å². The fourth-order valence-corrected chi connectivity index (χ4v) is 4.36. The van der Waals surface area contributed by atoms with Crippen LogP contribution in [0.2, 0.25) is 0 Å². The first-order chi connectivity index (χ1) is 20.5. The fourth-order valence-electron chi connectivity index (χ4n) is 4.36. The Kier molecular flexibility index (Phi) is 14.4. The molecule has 1 aliphatic heterocycles. The van der Waals surface area contributed by atoms with Gasteiger partial charge in [0, 0.05) is 13.0 Å². The summed E-state index contributed by atoms with van der Waals surface area (Å²) in [5.41, 5.74) is 11.6. The van der Waals surface area contributed by atoms with E-state index in [1.54, 1.807) is 30.3 Å². The van der Waals surface area contributed by atoms with Crippen molar-refractivity contribution in [3.05, 3.63) is 35.9 Å². The standard InChI is InChI=1S/C27H41N9O7/c28-11-5-4-9-18-25(42)35-19(13-16-7-2-1-3-8-16)26(43)36-20(14-22(38)39)23(40)32-15-21(37)33-17(24(41)34-18)10-6-12-31-27(29)30/h1-3,7-8,17-20H,4-6,9-15,28H2,(H,32,40)(H,33,37)(H,34,41)(H,35,42)(H,36,43)(H,38,39)(H4,29,30,31)/t17?,18-,19-,20-/m1/s1. The van der Waals surface area contributed by atoms with Crippen LogP contribution in [0.25, 0.3) is 0 Å². The van der Waals surface area contributed by atoms with Gasteiger partial charge < -0.3 is 48.5 Å². The van der Waals surface area contributed by atoms with Gasteiger partial charge in [-0.1, -0.05) is 30.3 Å². The van der Waals surface area contributed by atoms with Crippen molar-refractivity contribution in [2.45, 2.75) is 69.1 Å². The van der Waals surface area contributed by atoms with E-state index < -0.39 is 72.6 Å². The van der Waals surface area contributed by atoms with Crippen molar-refractivity contribution >= 4 is 41.5 Å². The van der Waals surface area contributed by atoms with Crippen LogP contribution in [0.3, 0.4) is 0 Å². The minimum atomic E-state index is -1.55. The van der Waals surface area contributed by atoms with Crippen molar-refractivity contribution in [2.75, 3.05) is 19.6 Å². The molecule has 236 valence electrons. The number of amides is 5. The van der Waals surface area contributed by atoms with Crippen LogP contribution in [0, 0.1) is 5.41 Å². The predicted octanol–water partition coefficient (Wildman–Crippen LogP) is -2.83. The number of carboxylic acids is 1. The fraction of sp³-hybridized carbons (Fsp3) is 0.519. The van der Waals surface area contributed by atoms with E-state index in [9.17, 15) is 33.9 Å². The first-order valence-corrected chi connectivity index (χ1v) is 14.0. The summed E-state index contributed by atoms with van der Waals surface area (Å²) < 4.78 is 0. The molecule has 0 spiro atoms. The first kappa shape index (κ1) is 34.5. The van der Waals surface area contributed by atoms with Gasteiger partial charge in [0.05, 0.1) is 13.0 Å². The second kappa shape index (κ2) is 17.9. The highest BCUT2D eigenvalue weighted by Gasteiger charge is 2.33. The zero-order valence-corrected chi connectivity index (χ0v) is 23.8. The lowest BCUT2D eigenvalue weighted by Gasteiger charge is -2.26. The molecular weight excluding hydrogens is 562 g/mol. The number of carbonyl (C=O) groups is 6. The Labute approximate surface area is 249 Å². The second-order valence-corrected chi connectivity index (χ2v) is 10.1. The molecule has 2 rings (SSSR count). The van der Waals surface area contributed by atoms with Gasteiger partial charge in [0.1, 0.15) is 24.2 Å². The van der Waals surface area contributed by atoms with E-state index in [0.717, 1.165) is 0 Å². The van der Waals surface area contributed by atoms with Crippen LogP contribution in [0.4, 0.5) is 0 Å². The summed E-state index contributed by atoms with van der Waals surface area (Å²) in [5, 5.41) is 31.7. The Balaban J connectivity index is 2.42. The lowest BCUT2D eigenvalue weighted by Crippen LogP contribution is -2.58. The summed E-state index contributed by atoms with van der Waals surface area (Å²) in [7, 11) is 0. The number of aliphatic carboxylic acids is 1. The molecule has 4 atom stereocenters. The van der Waals surface area contributed by atoms with E-state index in [4.69, 9.17) is 16.9 Å². The molecule has 1 aliphatic rings. The van der Waals surface area contributed by atoms with Crippen LogP contribution in [-0.2, 0) is 35.2 Å². The summed E-state index contributed by atoms with van der Waals surface area (Å²) in [5.74, 6) is -5.50. The highest BCUT2D eigenvalue weighted by atomic mass is 16.4. The zero-order chi connectivity index (χ0) is 31.8. The average Bonchev–Trinajstić information content (AvgIpc) is 2.95. The van der Waals surface area contributed by atoms with Gasteiger partial charge in [-0.15, -0.1) is 0 Å². The molecule has 1 saturated heterocycles. The molecule has 0 radical (unpaired) electrons. The number of carbonyl (C=O) groups excluding carboxylic acids is 5. The van der Waals surface area contributed by atoms with Gasteiger partial charge >= 0.3 is 5.97 Å². The predicted molar refractivity (Wildman–Crippen MR) is 155 cm³/mol. The number of hydrogen-bond donors (Lipinski definition) is 10. The van der Waals surface area contributed by atoms with Crippen LogP contribution < -0.4 is 43.4 Å². The van der Waals surface area contributed by atoms with Crippen LogP contribution in [0.1, 0.15) is 44.1 Å². The third-order valence-corrected chi connectivity index (χ3v) is 6.57. The number of carboxylic acid groups (broad SMARTS) is 1. The van der Waals surface area contributed by atoms with Gasteiger partial charge in [0.25, 0.3) is 0 Å². The Hall–Kier alpha value is -4.73. The molecule has 0 saturated carbocycles. The average molecular weight is 604 g/mol. The lowest BCUT2D eigenvalue weighted by molar-refractivity contribution is -0.141. The maximum Gasteiger partial charge on any atom is 0.305 e. The Morgan fingerprint density at radius 1 is 0.837 bits per heavy atom. The van der Waals surface area contributed by atoms with Gasteiger partial charge in [-0.25, -0.2) is 0 Å². The molecule has 1 aromatic rings. The van der Waals surface area contributed by atoms with Crippen LogP contribution in [0.5, 0.6) is 0 Å². The maximum absolute atomic E-state index is 13.5. The van der Waals surface area contributed by atoms with Crippen molar-refractivity contribution in [3.63, 3.8) is 0 Å². The number of hydrogen-bond acceptors (Lipinski definition) is 8. The van der Waals surface area contributed by atoms with Crippen molar-refractivity contribution in [2.24, 2.45) is 11.5 Å². The molecule has 1 unspecified atom stereocenters. The summed E-state index contributed by atoms with van der Waals surface area (Å²) in [6.07, 6.45) is 0.864. The number of nitrogens with one attached hydrogen (secondary N) is 7. The van der Waals surface area contributed by atoms with Gasteiger partial charge in [0.2, 0.25) is 29.5 Å². The van der Waals surface area contributed by atoms with Crippen molar-refractivity contribution in [1.29, 1.82) is 5.41 Å². The monoisotopic (exact) mass is 603 g/mol. The molecule has 0 aliphatic carbocycles. The van der Waals surface area contributed by atoms with Crippen LogP contribution in [-0.4, -0.2) is 90.4 Å². The number of rotatable bonds is 12. The van der Waals surface area contributed by atoms with E-state index in [1.165, 1.54) is 0 Å². The third kappa shape index (κ3) is 12.8. The highest BCUT2D eigenvalue weighted by molar-refractivity contribution is 5.98. The summed E-state index contributed by atoms with van der Waals surface area (Å²) >= 11 is 0. The number of benzene rings is 1. The topological polar surface area (TPSA) is 271 Å². The van der Waals surface area contributed by atoms with Crippen molar-refractivity contribution < 1.29 is 33.9 Å². The summed E-state index contributed by atoms with van der Waals surface area (Å²) in [4.78, 5) is 77.3. The molecule has 1 fully saturated rings. The van der Waals surface area contributed by atoms with Crippen LogP contribution >= 0.6 is 0 Å². The quantitative estimate of drug-likeness (QED) is 0.0664. The largest absolute Gasteiger partial charge is 0.481 e. The molecule has 43 heavy (non-hydrogen) atoms. The molecule has 1 aromatic carbocycles. The SMILES string of the molecule is N=C(N)NCCCC1NC(=O)CNC(=O)[C@@H](CC(=O)O)NC(=O)[C@@H](Cc2ccccc2)NC(=O)[C@@H](CCCCN)NC1=O. The zero-order valence-electron chi connectivity index (χ0n) is 23.8. The third-order valence-electron chi connectivity index (χ3n) is 6.57. The van der Waals surface area contributed by atoms with Gasteiger partial charge in [0.15, 0.2) is 5.96 Å². The molecule has 0 bridgehead atoms. The molecule has 16 heteroatoms. The van der Waals surface area contributed by atoms with Gasteiger partial charge in [-0.3, -0.25) is 34.2 Å². The number of nitrogens with two attached hydrogens (primary N) is 2. The summed E-state index contributed by atoms with van der Waals surface area (Å²) in [6.45, 7) is -0.0159. The minimum Gasteiger partial charge on any atom is -0.481 e. The first-order valence-electron chi connectivity index (χ1n) is 14.0. The van der Waals surface area contributed by atoms with E-state index in [-0.39, 0.29) is 31.8 Å². The Morgan fingerprint density at radius 3 is 2.05 bits per heavy atom.